The van der Waals surface area contributed by atoms with Crippen LogP contribution in [0.1, 0.15) is 10.4 Å². The average Bonchev–Trinajstić information content (AvgIpc) is 2.42. The van der Waals surface area contributed by atoms with Gasteiger partial charge in [-0.05, 0) is 52.3 Å². The number of halogens is 2. The van der Waals surface area contributed by atoms with Gasteiger partial charge in [0.05, 0.1) is 10.6 Å². The second-order valence-corrected chi connectivity index (χ2v) is 7.25. The number of anilines is 1. The van der Waals surface area contributed by atoms with Crippen LogP contribution in [0.5, 0.6) is 0 Å². The molecular formula is C14H11BrFNO3S. The maximum Gasteiger partial charge on any atom is 0.255 e. The molecule has 0 aromatic heterocycles. The monoisotopic (exact) mass is 371 g/mol. The van der Waals surface area contributed by atoms with Crippen LogP contribution in [0, 0.1) is 5.82 Å². The van der Waals surface area contributed by atoms with E-state index in [2.05, 4.69) is 21.2 Å². The highest BCUT2D eigenvalue weighted by molar-refractivity contribution is 9.10. The molecule has 0 heterocycles. The molecule has 0 saturated carbocycles. The second kappa shape index (κ2) is 5.95. The summed E-state index contributed by atoms with van der Waals surface area (Å²) >= 11 is 3.20. The highest BCUT2D eigenvalue weighted by Gasteiger charge is 2.13. The van der Waals surface area contributed by atoms with E-state index in [0.717, 1.165) is 6.26 Å². The first-order chi connectivity index (χ1) is 9.77. The molecule has 0 saturated heterocycles. The fourth-order valence-corrected chi connectivity index (χ4v) is 2.67. The summed E-state index contributed by atoms with van der Waals surface area (Å²) in [7, 11) is -3.40. The minimum absolute atomic E-state index is 0.0495. The molecule has 0 fully saturated rings. The van der Waals surface area contributed by atoms with E-state index in [1.54, 1.807) is 0 Å². The van der Waals surface area contributed by atoms with Gasteiger partial charge in [-0.3, -0.25) is 4.79 Å². The summed E-state index contributed by atoms with van der Waals surface area (Å²) in [5.41, 5.74) is 0.443. The zero-order chi connectivity index (χ0) is 15.6. The first-order valence-electron chi connectivity index (χ1n) is 5.84. The predicted octanol–water partition coefficient (Wildman–Crippen LogP) is 3.24. The lowest BCUT2D eigenvalue weighted by molar-refractivity contribution is 0.102. The van der Waals surface area contributed by atoms with Gasteiger partial charge in [-0.15, -0.1) is 0 Å². The third-order valence-corrected chi connectivity index (χ3v) is 4.50. The van der Waals surface area contributed by atoms with Gasteiger partial charge in [0.1, 0.15) is 5.82 Å². The number of benzene rings is 2. The van der Waals surface area contributed by atoms with Gasteiger partial charge in [-0.25, -0.2) is 12.8 Å². The Bertz CT molecular complexity index is 806. The fourth-order valence-electron chi connectivity index (χ4n) is 1.66. The van der Waals surface area contributed by atoms with Crippen molar-refractivity contribution in [2.75, 3.05) is 11.6 Å². The lowest BCUT2D eigenvalue weighted by Gasteiger charge is -2.08. The number of amides is 1. The summed E-state index contributed by atoms with van der Waals surface area (Å²) in [6, 6.07) is 9.54. The molecule has 7 heteroatoms. The van der Waals surface area contributed by atoms with Crippen molar-refractivity contribution in [1.29, 1.82) is 0 Å². The molecule has 0 unspecified atom stereocenters. The molecule has 1 N–H and O–H groups in total. The Morgan fingerprint density at radius 1 is 1.19 bits per heavy atom. The van der Waals surface area contributed by atoms with E-state index in [-0.39, 0.29) is 16.1 Å². The normalized spacial score (nSPS) is 11.2. The third-order valence-electron chi connectivity index (χ3n) is 2.70. The van der Waals surface area contributed by atoms with Crippen molar-refractivity contribution >= 4 is 37.4 Å². The van der Waals surface area contributed by atoms with Gasteiger partial charge in [-0.1, -0.05) is 6.07 Å². The van der Waals surface area contributed by atoms with Gasteiger partial charge in [0.25, 0.3) is 5.91 Å². The SMILES string of the molecule is CS(=O)(=O)c1cccc(C(=O)Nc2cc(F)ccc2Br)c1. The lowest BCUT2D eigenvalue weighted by Crippen LogP contribution is -2.13. The average molecular weight is 372 g/mol. The number of rotatable bonds is 3. The van der Waals surface area contributed by atoms with Crippen molar-refractivity contribution in [2.24, 2.45) is 0 Å². The summed E-state index contributed by atoms with van der Waals surface area (Å²) in [5.74, 6) is -1.01. The predicted molar refractivity (Wildman–Crippen MR) is 81.6 cm³/mol. The Morgan fingerprint density at radius 3 is 2.57 bits per heavy atom. The van der Waals surface area contributed by atoms with Crippen LogP contribution in [0.4, 0.5) is 10.1 Å². The zero-order valence-corrected chi connectivity index (χ0v) is 13.3. The van der Waals surface area contributed by atoms with Crippen LogP contribution < -0.4 is 5.32 Å². The summed E-state index contributed by atoms with van der Waals surface area (Å²) in [6.07, 6.45) is 1.06. The van der Waals surface area contributed by atoms with Crippen LogP contribution in [-0.2, 0) is 9.84 Å². The molecule has 0 aliphatic carbocycles. The maximum atomic E-state index is 13.2. The number of hydrogen-bond acceptors (Lipinski definition) is 3. The fraction of sp³-hybridized carbons (Fsp3) is 0.0714. The Hall–Kier alpha value is -1.73. The molecule has 2 aromatic rings. The summed E-state index contributed by atoms with van der Waals surface area (Å²) < 4.78 is 36.6. The molecule has 2 rings (SSSR count). The zero-order valence-electron chi connectivity index (χ0n) is 10.9. The molecular weight excluding hydrogens is 361 g/mol. The van der Waals surface area contributed by atoms with Crippen LogP contribution >= 0.6 is 15.9 Å². The van der Waals surface area contributed by atoms with E-state index in [4.69, 9.17) is 0 Å². The molecule has 21 heavy (non-hydrogen) atoms. The minimum atomic E-state index is -3.40. The summed E-state index contributed by atoms with van der Waals surface area (Å²) in [4.78, 5) is 12.2. The van der Waals surface area contributed by atoms with Crippen LogP contribution in [0.2, 0.25) is 0 Å². The van der Waals surface area contributed by atoms with E-state index in [1.807, 2.05) is 0 Å². The largest absolute Gasteiger partial charge is 0.321 e. The third kappa shape index (κ3) is 3.89. The van der Waals surface area contributed by atoms with E-state index >= 15 is 0 Å². The van der Waals surface area contributed by atoms with Gasteiger partial charge >= 0.3 is 0 Å². The number of nitrogens with one attached hydrogen (secondary N) is 1. The van der Waals surface area contributed by atoms with E-state index < -0.39 is 21.6 Å². The molecule has 0 radical (unpaired) electrons. The van der Waals surface area contributed by atoms with Crippen molar-refractivity contribution in [3.8, 4) is 0 Å². The van der Waals surface area contributed by atoms with Crippen LogP contribution in [0.3, 0.4) is 0 Å². The molecule has 4 nitrogen and oxygen atoms in total. The van der Waals surface area contributed by atoms with Crippen molar-refractivity contribution in [2.45, 2.75) is 4.90 Å². The highest BCUT2D eigenvalue weighted by atomic mass is 79.9. The molecule has 0 atom stereocenters. The Kier molecular flexibility index (Phi) is 4.43. The Labute approximate surface area is 130 Å². The standard InChI is InChI=1S/C14H11BrFNO3S/c1-21(19,20)11-4-2-3-9(7-11)14(18)17-13-8-10(16)5-6-12(13)15/h2-8H,1H3,(H,17,18). The maximum absolute atomic E-state index is 13.2. The number of carbonyl (C=O) groups is 1. The Morgan fingerprint density at radius 2 is 1.90 bits per heavy atom. The molecule has 0 aliphatic heterocycles. The van der Waals surface area contributed by atoms with Crippen molar-refractivity contribution < 1.29 is 17.6 Å². The van der Waals surface area contributed by atoms with Crippen LogP contribution in [0.15, 0.2) is 51.8 Å². The second-order valence-electron chi connectivity index (χ2n) is 4.38. The molecule has 2 aromatic carbocycles. The van der Waals surface area contributed by atoms with Gasteiger partial charge < -0.3 is 5.32 Å². The summed E-state index contributed by atoms with van der Waals surface area (Å²) in [6.45, 7) is 0. The van der Waals surface area contributed by atoms with Crippen molar-refractivity contribution in [1.82, 2.24) is 0 Å². The van der Waals surface area contributed by atoms with Gasteiger partial charge in [-0.2, -0.15) is 0 Å². The molecule has 0 spiro atoms. The first-order valence-corrected chi connectivity index (χ1v) is 8.52. The van der Waals surface area contributed by atoms with Gasteiger partial charge in [0, 0.05) is 16.3 Å². The first kappa shape index (κ1) is 15.7. The van der Waals surface area contributed by atoms with Crippen molar-refractivity contribution in [3.63, 3.8) is 0 Å². The quantitative estimate of drug-likeness (QED) is 0.900. The molecule has 0 aliphatic rings. The minimum Gasteiger partial charge on any atom is -0.321 e. The van der Waals surface area contributed by atoms with Crippen LogP contribution in [0.25, 0.3) is 0 Å². The van der Waals surface area contributed by atoms with Crippen molar-refractivity contribution in [3.05, 3.63) is 58.3 Å². The lowest BCUT2D eigenvalue weighted by atomic mass is 10.2. The van der Waals surface area contributed by atoms with Gasteiger partial charge in [0.2, 0.25) is 0 Å². The topological polar surface area (TPSA) is 63.2 Å². The molecule has 110 valence electrons. The van der Waals surface area contributed by atoms with Gasteiger partial charge in [0.15, 0.2) is 9.84 Å². The number of sulfone groups is 1. The summed E-state index contributed by atoms with van der Waals surface area (Å²) in [5, 5.41) is 2.53. The number of carbonyl (C=O) groups excluding carboxylic acids is 1. The Balaban J connectivity index is 2.31. The molecule has 0 bridgehead atoms. The van der Waals surface area contributed by atoms with Crippen LogP contribution in [-0.4, -0.2) is 20.6 Å². The van der Waals surface area contributed by atoms with E-state index in [1.165, 1.54) is 42.5 Å². The smallest absolute Gasteiger partial charge is 0.255 e. The molecule has 1 amide bonds. The highest BCUT2D eigenvalue weighted by Crippen LogP contribution is 2.24. The van der Waals surface area contributed by atoms with E-state index in [9.17, 15) is 17.6 Å². The van der Waals surface area contributed by atoms with E-state index in [0.29, 0.717) is 4.47 Å². The number of hydrogen-bond donors (Lipinski definition) is 1.